The predicted molar refractivity (Wildman–Crippen MR) is 78.9 cm³/mol. The second-order valence-electron chi connectivity index (χ2n) is 6.05. The van der Waals surface area contributed by atoms with Gasteiger partial charge in [0.25, 0.3) is 0 Å². The lowest BCUT2D eigenvalue weighted by Gasteiger charge is -2.46. The van der Waals surface area contributed by atoms with Crippen molar-refractivity contribution in [1.29, 1.82) is 0 Å². The van der Waals surface area contributed by atoms with Crippen LogP contribution in [0.25, 0.3) is 0 Å². The van der Waals surface area contributed by atoms with Gasteiger partial charge in [-0.2, -0.15) is 0 Å². The van der Waals surface area contributed by atoms with E-state index in [-0.39, 0.29) is 23.7 Å². The second-order valence-corrected chi connectivity index (χ2v) is 6.05. The van der Waals surface area contributed by atoms with Crippen molar-refractivity contribution in [1.82, 2.24) is 4.90 Å². The molecule has 0 bridgehead atoms. The highest BCUT2D eigenvalue weighted by Crippen LogP contribution is 2.30. The standard InChI is InChI=1S/C17H22FNO2/c1-12(17(20)13-6-8-14(18)9-7-13)19-10-11-21-16-5-3-2-4-15(16)19/h6-9,12,15-16H,2-5,10-11H2,1H3. The van der Waals surface area contributed by atoms with Crippen LogP contribution >= 0.6 is 0 Å². The Balaban J connectivity index is 1.75. The maximum Gasteiger partial charge on any atom is 0.179 e. The minimum absolute atomic E-state index is 0.0706. The third-order valence-corrected chi connectivity index (χ3v) is 4.78. The molecule has 21 heavy (non-hydrogen) atoms. The van der Waals surface area contributed by atoms with Crippen LogP contribution in [-0.2, 0) is 4.74 Å². The zero-order chi connectivity index (χ0) is 14.8. The Morgan fingerprint density at radius 3 is 2.76 bits per heavy atom. The van der Waals surface area contributed by atoms with Crippen molar-refractivity contribution >= 4 is 5.78 Å². The molecule has 2 aliphatic rings. The van der Waals surface area contributed by atoms with E-state index in [1.807, 2.05) is 6.92 Å². The zero-order valence-electron chi connectivity index (χ0n) is 12.4. The molecule has 1 aliphatic carbocycles. The summed E-state index contributed by atoms with van der Waals surface area (Å²) in [7, 11) is 0. The molecule has 1 aromatic carbocycles. The lowest BCUT2D eigenvalue weighted by Crippen LogP contribution is -2.57. The SMILES string of the molecule is CC(C(=O)c1ccc(F)cc1)N1CCOC2CCCCC21. The topological polar surface area (TPSA) is 29.5 Å². The van der Waals surface area contributed by atoms with E-state index in [1.54, 1.807) is 12.1 Å². The molecule has 3 atom stereocenters. The number of nitrogens with zero attached hydrogens (tertiary/aromatic N) is 1. The summed E-state index contributed by atoms with van der Waals surface area (Å²) >= 11 is 0. The molecular weight excluding hydrogens is 269 g/mol. The molecule has 2 fully saturated rings. The van der Waals surface area contributed by atoms with Gasteiger partial charge in [-0.25, -0.2) is 4.39 Å². The summed E-state index contributed by atoms with van der Waals surface area (Å²) in [5.41, 5.74) is 0.586. The van der Waals surface area contributed by atoms with Crippen LogP contribution in [0.5, 0.6) is 0 Å². The van der Waals surface area contributed by atoms with Gasteiger partial charge in [0.15, 0.2) is 5.78 Å². The minimum atomic E-state index is -0.307. The van der Waals surface area contributed by atoms with Crippen LogP contribution in [0.1, 0.15) is 43.0 Å². The van der Waals surface area contributed by atoms with Crippen molar-refractivity contribution in [2.24, 2.45) is 0 Å². The molecule has 0 radical (unpaired) electrons. The maximum atomic E-state index is 13.0. The first-order chi connectivity index (χ1) is 10.2. The summed E-state index contributed by atoms with van der Waals surface area (Å²) in [5, 5.41) is 0. The van der Waals surface area contributed by atoms with E-state index in [4.69, 9.17) is 4.74 Å². The van der Waals surface area contributed by atoms with Crippen molar-refractivity contribution in [2.75, 3.05) is 13.2 Å². The fraction of sp³-hybridized carbons (Fsp3) is 0.588. The quantitative estimate of drug-likeness (QED) is 0.802. The van der Waals surface area contributed by atoms with Gasteiger partial charge in [0.2, 0.25) is 0 Å². The number of rotatable bonds is 3. The summed E-state index contributed by atoms with van der Waals surface area (Å²) < 4.78 is 18.8. The van der Waals surface area contributed by atoms with Crippen molar-refractivity contribution in [3.8, 4) is 0 Å². The Hall–Kier alpha value is -1.26. The average molecular weight is 291 g/mol. The molecular formula is C17H22FNO2. The number of carbonyl (C=O) groups is 1. The Bertz CT molecular complexity index is 500. The zero-order valence-corrected chi connectivity index (χ0v) is 12.4. The van der Waals surface area contributed by atoms with Crippen LogP contribution in [0.15, 0.2) is 24.3 Å². The number of benzene rings is 1. The number of ether oxygens (including phenoxy) is 1. The molecule has 1 saturated heterocycles. The fourth-order valence-electron chi connectivity index (χ4n) is 3.61. The lowest BCUT2D eigenvalue weighted by atomic mass is 9.88. The smallest absolute Gasteiger partial charge is 0.179 e. The number of carbonyl (C=O) groups excluding carboxylic acids is 1. The molecule has 1 saturated carbocycles. The van der Waals surface area contributed by atoms with Crippen molar-refractivity contribution in [3.05, 3.63) is 35.6 Å². The molecule has 3 nitrogen and oxygen atoms in total. The maximum absolute atomic E-state index is 13.0. The van der Waals surface area contributed by atoms with Gasteiger partial charge in [0.05, 0.1) is 18.8 Å². The number of morpholine rings is 1. The van der Waals surface area contributed by atoms with Crippen LogP contribution in [0.4, 0.5) is 4.39 Å². The lowest BCUT2D eigenvalue weighted by molar-refractivity contribution is -0.0953. The summed E-state index contributed by atoms with van der Waals surface area (Å²) in [6.45, 7) is 3.46. The molecule has 0 N–H and O–H groups in total. The number of halogens is 1. The third kappa shape index (κ3) is 3.01. The van der Waals surface area contributed by atoms with Crippen LogP contribution in [-0.4, -0.2) is 42.0 Å². The Morgan fingerprint density at radius 1 is 1.29 bits per heavy atom. The van der Waals surface area contributed by atoms with Gasteiger partial charge >= 0.3 is 0 Å². The summed E-state index contributed by atoms with van der Waals surface area (Å²) in [6.07, 6.45) is 4.90. The van der Waals surface area contributed by atoms with Gasteiger partial charge in [0.1, 0.15) is 5.82 Å². The van der Waals surface area contributed by atoms with Gasteiger partial charge in [0, 0.05) is 18.2 Å². The highest BCUT2D eigenvalue weighted by molar-refractivity contribution is 5.99. The monoisotopic (exact) mass is 291 g/mol. The van der Waals surface area contributed by atoms with Crippen LogP contribution < -0.4 is 0 Å². The normalized spacial score (nSPS) is 27.9. The first-order valence-corrected chi connectivity index (χ1v) is 7.84. The van der Waals surface area contributed by atoms with Crippen LogP contribution in [0.2, 0.25) is 0 Å². The fourth-order valence-corrected chi connectivity index (χ4v) is 3.61. The average Bonchev–Trinajstić information content (AvgIpc) is 2.53. The molecule has 3 unspecified atom stereocenters. The number of fused-ring (bicyclic) bond motifs is 1. The van der Waals surface area contributed by atoms with E-state index < -0.39 is 0 Å². The first-order valence-electron chi connectivity index (χ1n) is 7.84. The van der Waals surface area contributed by atoms with E-state index >= 15 is 0 Å². The van der Waals surface area contributed by atoms with E-state index in [9.17, 15) is 9.18 Å². The Labute approximate surface area is 125 Å². The van der Waals surface area contributed by atoms with Gasteiger partial charge < -0.3 is 4.74 Å². The summed E-state index contributed by atoms with van der Waals surface area (Å²) in [6, 6.07) is 6.03. The molecule has 0 aromatic heterocycles. The van der Waals surface area contributed by atoms with Gasteiger partial charge in [-0.1, -0.05) is 12.8 Å². The number of Topliss-reactive ketones (excluding diaryl/α,β-unsaturated/α-hetero) is 1. The summed E-state index contributed by atoms with van der Waals surface area (Å²) in [4.78, 5) is 14.9. The second kappa shape index (κ2) is 6.24. The Kier molecular flexibility index (Phi) is 4.36. The van der Waals surface area contributed by atoms with Crippen LogP contribution in [0, 0.1) is 5.82 Å². The molecule has 0 spiro atoms. The van der Waals surface area contributed by atoms with Crippen LogP contribution in [0.3, 0.4) is 0 Å². The third-order valence-electron chi connectivity index (χ3n) is 4.78. The van der Waals surface area contributed by atoms with Crippen molar-refractivity contribution in [3.63, 3.8) is 0 Å². The summed E-state index contributed by atoms with van der Waals surface area (Å²) in [5.74, 6) is -0.237. The Morgan fingerprint density at radius 2 is 2.00 bits per heavy atom. The molecule has 1 heterocycles. The molecule has 4 heteroatoms. The molecule has 114 valence electrons. The minimum Gasteiger partial charge on any atom is -0.375 e. The molecule has 3 rings (SSSR count). The first kappa shape index (κ1) is 14.7. The number of ketones is 1. The van der Waals surface area contributed by atoms with E-state index in [2.05, 4.69) is 4.90 Å². The van der Waals surface area contributed by atoms with Gasteiger partial charge in [-0.15, -0.1) is 0 Å². The molecule has 0 amide bonds. The molecule has 1 aliphatic heterocycles. The van der Waals surface area contributed by atoms with Gasteiger partial charge in [-0.3, -0.25) is 9.69 Å². The largest absolute Gasteiger partial charge is 0.375 e. The predicted octanol–water partition coefficient (Wildman–Crippen LogP) is 3.04. The van der Waals surface area contributed by atoms with E-state index in [0.717, 1.165) is 19.4 Å². The highest BCUT2D eigenvalue weighted by atomic mass is 19.1. The molecule has 1 aromatic rings. The van der Waals surface area contributed by atoms with Crippen molar-refractivity contribution < 1.29 is 13.9 Å². The highest BCUT2D eigenvalue weighted by Gasteiger charge is 2.38. The number of hydrogen-bond acceptors (Lipinski definition) is 3. The number of hydrogen-bond donors (Lipinski definition) is 0. The van der Waals surface area contributed by atoms with E-state index in [1.165, 1.54) is 25.0 Å². The van der Waals surface area contributed by atoms with Crippen molar-refractivity contribution in [2.45, 2.75) is 50.8 Å². The van der Waals surface area contributed by atoms with E-state index in [0.29, 0.717) is 18.2 Å². The van der Waals surface area contributed by atoms with Gasteiger partial charge in [-0.05, 0) is 44.0 Å².